The van der Waals surface area contributed by atoms with Gasteiger partial charge in [0.05, 0.1) is 18.8 Å². The Morgan fingerprint density at radius 1 is 1.13 bits per heavy atom. The van der Waals surface area contributed by atoms with Crippen LogP contribution in [0.15, 0.2) is 53.6 Å². The van der Waals surface area contributed by atoms with E-state index in [-0.39, 0.29) is 23.5 Å². The summed E-state index contributed by atoms with van der Waals surface area (Å²) in [4.78, 5) is 38.2. The molecule has 4 rings (SSSR count). The van der Waals surface area contributed by atoms with Crippen LogP contribution < -0.4 is 15.0 Å². The molecule has 1 N–H and O–H groups in total. The number of para-hydroxylation sites is 2. The molecular formula is C22H22N4O4S. The van der Waals surface area contributed by atoms with Crippen LogP contribution in [0.2, 0.25) is 0 Å². The van der Waals surface area contributed by atoms with Crippen molar-refractivity contribution in [1.29, 1.82) is 0 Å². The number of thioether (sulfide) groups is 1. The largest absolute Gasteiger partial charge is 0.494 e. The van der Waals surface area contributed by atoms with E-state index < -0.39 is 10.8 Å². The van der Waals surface area contributed by atoms with Crippen LogP contribution in [0.1, 0.15) is 31.9 Å². The molecule has 3 amide bonds. The standard InChI is InChI=1S/C22H22N4O4S/c1-4-30-19-12-8-5-9-16(19)13-25-18-11-7-6-10-17(18)22(20(25)29)26(15(3)28)24-21(31-22)23-14(2)27/h5-12H,4,13H2,1-3H3,(H,23,24,27)/t22-/m1/s1. The van der Waals surface area contributed by atoms with E-state index in [4.69, 9.17) is 4.74 Å². The fourth-order valence-electron chi connectivity index (χ4n) is 3.82. The van der Waals surface area contributed by atoms with Crippen molar-refractivity contribution in [2.75, 3.05) is 11.5 Å². The maximum Gasteiger partial charge on any atom is 0.271 e. The molecule has 0 unspecified atom stereocenters. The summed E-state index contributed by atoms with van der Waals surface area (Å²) in [6, 6.07) is 14.9. The quantitative estimate of drug-likeness (QED) is 0.793. The van der Waals surface area contributed by atoms with Crippen molar-refractivity contribution in [3.63, 3.8) is 0 Å². The summed E-state index contributed by atoms with van der Waals surface area (Å²) < 4.78 is 5.73. The van der Waals surface area contributed by atoms with E-state index in [1.165, 1.54) is 18.9 Å². The predicted molar refractivity (Wildman–Crippen MR) is 118 cm³/mol. The monoisotopic (exact) mass is 438 g/mol. The van der Waals surface area contributed by atoms with Gasteiger partial charge in [-0.15, -0.1) is 5.10 Å². The second kappa shape index (κ2) is 8.07. The highest BCUT2D eigenvalue weighted by Crippen LogP contribution is 2.54. The van der Waals surface area contributed by atoms with Gasteiger partial charge in [-0.05, 0) is 30.8 Å². The van der Waals surface area contributed by atoms with Gasteiger partial charge >= 0.3 is 0 Å². The minimum Gasteiger partial charge on any atom is -0.494 e. The number of carbonyl (C=O) groups excluding carboxylic acids is 3. The smallest absolute Gasteiger partial charge is 0.271 e. The number of amidine groups is 1. The maximum absolute atomic E-state index is 13.9. The summed E-state index contributed by atoms with van der Waals surface area (Å²) >= 11 is 1.07. The first-order chi connectivity index (χ1) is 14.9. The second-order valence-corrected chi connectivity index (χ2v) is 8.29. The number of ether oxygens (including phenoxy) is 1. The van der Waals surface area contributed by atoms with E-state index >= 15 is 0 Å². The summed E-state index contributed by atoms with van der Waals surface area (Å²) in [7, 11) is 0. The molecule has 2 aliphatic rings. The van der Waals surface area contributed by atoms with E-state index in [0.29, 0.717) is 23.6 Å². The second-order valence-electron chi connectivity index (χ2n) is 7.11. The third-order valence-corrected chi connectivity index (χ3v) is 6.25. The van der Waals surface area contributed by atoms with Crippen molar-refractivity contribution in [1.82, 2.24) is 10.3 Å². The molecule has 0 radical (unpaired) electrons. The Kier molecular flexibility index (Phi) is 5.45. The molecule has 2 aromatic carbocycles. The van der Waals surface area contributed by atoms with Gasteiger partial charge in [-0.1, -0.05) is 36.4 Å². The van der Waals surface area contributed by atoms with Gasteiger partial charge in [-0.3, -0.25) is 14.4 Å². The molecule has 0 saturated carbocycles. The highest BCUT2D eigenvalue weighted by atomic mass is 32.2. The molecule has 0 bridgehead atoms. The first-order valence-corrected chi connectivity index (χ1v) is 10.7. The van der Waals surface area contributed by atoms with Crippen LogP contribution in [0.4, 0.5) is 5.69 Å². The van der Waals surface area contributed by atoms with Crippen LogP contribution in [-0.2, 0) is 25.8 Å². The molecule has 1 atom stereocenters. The van der Waals surface area contributed by atoms with Crippen molar-refractivity contribution in [2.45, 2.75) is 32.2 Å². The van der Waals surface area contributed by atoms with Gasteiger partial charge in [-0.2, -0.15) is 5.01 Å². The van der Waals surface area contributed by atoms with E-state index in [1.807, 2.05) is 55.5 Å². The van der Waals surface area contributed by atoms with Crippen LogP contribution in [0.3, 0.4) is 0 Å². The van der Waals surface area contributed by atoms with Crippen LogP contribution in [0.5, 0.6) is 5.75 Å². The Labute approximate surface area is 184 Å². The van der Waals surface area contributed by atoms with Crippen molar-refractivity contribution in [3.8, 4) is 5.75 Å². The van der Waals surface area contributed by atoms with Crippen LogP contribution in [-0.4, -0.2) is 34.5 Å². The van der Waals surface area contributed by atoms with Gasteiger partial charge in [0, 0.05) is 25.0 Å². The lowest BCUT2D eigenvalue weighted by Crippen LogP contribution is -2.48. The number of hydrazone groups is 1. The number of hydrogen-bond acceptors (Lipinski definition) is 6. The van der Waals surface area contributed by atoms with Crippen LogP contribution >= 0.6 is 11.8 Å². The molecule has 31 heavy (non-hydrogen) atoms. The third kappa shape index (κ3) is 3.44. The Balaban J connectivity index is 1.78. The molecule has 2 aromatic rings. The first-order valence-electron chi connectivity index (χ1n) is 9.86. The molecule has 0 saturated heterocycles. The van der Waals surface area contributed by atoms with Gasteiger partial charge in [0.15, 0.2) is 5.17 Å². The van der Waals surface area contributed by atoms with Crippen LogP contribution in [0.25, 0.3) is 0 Å². The van der Waals surface area contributed by atoms with E-state index in [1.54, 1.807) is 4.90 Å². The molecule has 0 aliphatic carbocycles. The van der Waals surface area contributed by atoms with Gasteiger partial charge < -0.3 is 15.0 Å². The van der Waals surface area contributed by atoms with Crippen molar-refractivity contribution < 1.29 is 19.1 Å². The van der Waals surface area contributed by atoms with Crippen molar-refractivity contribution in [3.05, 3.63) is 59.7 Å². The van der Waals surface area contributed by atoms with Gasteiger partial charge in [0.1, 0.15) is 5.75 Å². The maximum atomic E-state index is 13.9. The number of nitrogens with zero attached hydrogens (tertiary/aromatic N) is 3. The zero-order chi connectivity index (χ0) is 22.2. The van der Waals surface area contributed by atoms with Crippen LogP contribution in [0, 0.1) is 0 Å². The number of nitrogens with one attached hydrogen (secondary N) is 1. The SMILES string of the molecule is CCOc1ccccc1CN1C(=O)[C@]2(SC(NC(C)=O)=NN2C(C)=O)c2ccccc21. The molecule has 1 spiro atoms. The Hall–Kier alpha value is -3.33. The van der Waals surface area contributed by atoms with E-state index in [9.17, 15) is 14.4 Å². The molecule has 9 heteroatoms. The summed E-state index contributed by atoms with van der Waals surface area (Å²) in [6.45, 7) is 5.39. The topological polar surface area (TPSA) is 91.3 Å². The number of hydrogen-bond donors (Lipinski definition) is 1. The fraction of sp³-hybridized carbons (Fsp3) is 0.273. The Morgan fingerprint density at radius 3 is 2.55 bits per heavy atom. The molecule has 0 aromatic heterocycles. The Morgan fingerprint density at radius 2 is 1.84 bits per heavy atom. The highest BCUT2D eigenvalue weighted by Gasteiger charge is 2.61. The minimum atomic E-state index is -1.40. The molecule has 0 fully saturated rings. The first kappa shape index (κ1) is 20.9. The number of fused-ring (bicyclic) bond motifs is 2. The molecule has 8 nitrogen and oxygen atoms in total. The number of benzene rings is 2. The number of rotatable bonds is 4. The predicted octanol–water partition coefficient (Wildman–Crippen LogP) is 2.79. The van der Waals surface area contributed by atoms with Gasteiger partial charge in [-0.25, -0.2) is 0 Å². The summed E-state index contributed by atoms with van der Waals surface area (Å²) in [5.41, 5.74) is 2.19. The fourth-order valence-corrected chi connectivity index (χ4v) is 5.16. The summed E-state index contributed by atoms with van der Waals surface area (Å²) in [5.74, 6) is -0.321. The van der Waals surface area contributed by atoms with E-state index in [0.717, 1.165) is 17.3 Å². The third-order valence-electron chi connectivity index (χ3n) is 5.01. The number of amides is 3. The number of carbonyl (C=O) groups is 3. The van der Waals surface area contributed by atoms with Crippen molar-refractivity contribution >= 4 is 40.3 Å². The molecular weight excluding hydrogens is 416 g/mol. The Bertz CT molecular complexity index is 1100. The van der Waals surface area contributed by atoms with Crippen molar-refractivity contribution in [2.24, 2.45) is 5.10 Å². The lowest BCUT2D eigenvalue weighted by atomic mass is 10.1. The molecule has 2 heterocycles. The van der Waals surface area contributed by atoms with Gasteiger partial charge in [0.25, 0.3) is 5.91 Å². The average Bonchev–Trinajstić information content (AvgIpc) is 3.22. The lowest BCUT2D eigenvalue weighted by Gasteiger charge is -2.29. The zero-order valence-corrected chi connectivity index (χ0v) is 18.2. The average molecular weight is 439 g/mol. The molecule has 2 aliphatic heterocycles. The molecule has 160 valence electrons. The minimum absolute atomic E-state index is 0.211. The van der Waals surface area contributed by atoms with E-state index in [2.05, 4.69) is 10.4 Å². The summed E-state index contributed by atoms with van der Waals surface area (Å²) in [6.07, 6.45) is 0. The normalized spacial score (nSPS) is 19.5. The number of anilines is 1. The zero-order valence-electron chi connectivity index (χ0n) is 17.4. The summed E-state index contributed by atoms with van der Waals surface area (Å²) in [5, 5.41) is 8.24. The van der Waals surface area contributed by atoms with Gasteiger partial charge in [0.2, 0.25) is 16.7 Å². The lowest BCUT2D eigenvalue weighted by molar-refractivity contribution is -0.139. The highest BCUT2D eigenvalue weighted by molar-refractivity contribution is 8.15.